The van der Waals surface area contributed by atoms with Crippen molar-refractivity contribution in [1.29, 1.82) is 0 Å². The van der Waals surface area contributed by atoms with Gasteiger partial charge in [-0.15, -0.1) is 11.3 Å². The molecule has 2 aromatic rings. The summed E-state index contributed by atoms with van der Waals surface area (Å²) in [6.45, 7) is 6.39. The summed E-state index contributed by atoms with van der Waals surface area (Å²) in [7, 11) is 0. The highest BCUT2D eigenvalue weighted by Crippen LogP contribution is 2.33. The Hall–Kier alpha value is -2.21. The van der Waals surface area contributed by atoms with Gasteiger partial charge in [-0.3, -0.25) is 9.59 Å². The van der Waals surface area contributed by atoms with E-state index in [0.717, 1.165) is 16.0 Å². The van der Waals surface area contributed by atoms with Crippen LogP contribution in [0.2, 0.25) is 0 Å². The number of halogens is 1. The van der Waals surface area contributed by atoms with Crippen LogP contribution in [0.25, 0.3) is 11.1 Å². The van der Waals surface area contributed by atoms with Gasteiger partial charge in [0.25, 0.3) is 5.91 Å². The highest BCUT2D eigenvalue weighted by atomic mass is 32.1. The summed E-state index contributed by atoms with van der Waals surface area (Å²) in [5.74, 6) is -0.575. The topological polar surface area (TPSA) is 49.4 Å². The summed E-state index contributed by atoms with van der Waals surface area (Å²) in [5, 5.41) is 2.79. The van der Waals surface area contributed by atoms with Crippen LogP contribution in [0.1, 0.15) is 28.4 Å². The number of carbonyl (C=O) groups excluding carboxylic acids is 2. The smallest absolute Gasteiger partial charge is 0.264 e. The van der Waals surface area contributed by atoms with Gasteiger partial charge in [-0.2, -0.15) is 0 Å². The highest BCUT2D eigenvalue weighted by Gasteiger charge is 2.41. The van der Waals surface area contributed by atoms with Crippen molar-refractivity contribution in [2.75, 3.05) is 13.1 Å². The molecule has 2 heterocycles. The second kappa shape index (κ2) is 6.02. The van der Waals surface area contributed by atoms with Crippen LogP contribution in [0.15, 0.2) is 30.3 Å². The number of thiophene rings is 1. The van der Waals surface area contributed by atoms with Crippen molar-refractivity contribution >= 4 is 23.2 Å². The molecule has 126 valence electrons. The van der Waals surface area contributed by atoms with Gasteiger partial charge >= 0.3 is 0 Å². The summed E-state index contributed by atoms with van der Waals surface area (Å²) < 4.78 is 13.1. The Morgan fingerprint density at radius 3 is 2.62 bits per heavy atom. The van der Waals surface area contributed by atoms with Gasteiger partial charge in [0.1, 0.15) is 11.4 Å². The lowest BCUT2D eigenvalue weighted by Crippen LogP contribution is -2.63. The number of nitrogens with one attached hydrogen (secondary N) is 1. The van der Waals surface area contributed by atoms with Crippen LogP contribution in [0.3, 0.4) is 0 Å². The van der Waals surface area contributed by atoms with E-state index in [-0.39, 0.29) is 17.6 Å². The second-order valence-electron chi connectivity index (χ2n) is 6.36. The molecular formula is C18H19FN2O2S. The molecule has 0 spiro atoms. The standard InChI is InChI=1S/C18H19FN2O2S/c1-11-14(12-4-6-13(19)7-5-12)10-15(24-11)16(22)21-9-8-20-17(23)18(21,2)3/h4-7,10H,8-9H2,1-3H3,(H,20,23). The summed E-state index contributed by atoms with van der Waals surface area (Å²) in [6.07, 6.45) is 0. The first-order chi connectivity index (χ1) is 11.3. The third-order valence-corrected chi connectivity index (χ3v) is 5.42. The lowest BCUT2D eigenvalue weighted by atomic mass is 9.98. The third-order valence-electron chi connectivity index (χ3n) is 4.38. The summed E-state index contributed by atoms with van der Waals surface area (Å²) in [6, 6.07) is 8.06. The summed E-state index contributed by atoms with van der Waals surface area (Å²) in [5.41, 5.74) is 0.922. The monoisotopic (exact) mass is 346 g/mol. The zero-order valence-electron chi connectivity index (χ0n) is 13.9. The molecule has 1 N–H and O–H groups in total. The molecule has 4 nitrogen and oxygen atoms in total. The Bertz CT molecular complexity index is 796. The molecule has 0 saturated carbocycles. The van der Waals surface area contributed by atoms with Crippen LogP contribution in [-0.4, -0.2) is 35.3 Å². The lowest BCUT2D eigenvalue weighted by molar-refractivity contribution is -0.133. The second-order valence-corrected chi connectivity index (χ2v) is 7.62. The van der Waals surface area contributed by atoms with Crippen LogP contribution in [0, 0.1) is 12.7 Å². The zero-order valence-corrected chi connectivity index (χ0v) is 14.7. The van der Waals surface area contributed by atoms with Gasteiger partial charge in [-0.1, -0.05) is 12.1 Å². The van der Waals surface area contributed by atoms with E-state index in [9.17, 15) is 14.0 Å². The number of carbonyl (C=O) groups is 2. The van der Waals surface area contributed by atoms with Crippen LogP contribution in [-0.2, 0) is 4.79 Å². The van der Waals surface area contributed by atoms with E-state index in [0.29, 0.717) is 18.0 Å². The van der Waals surface area contributed by atoms with Gasteiger partial charge < -0.3 is 10.2 Å². The Morgan fingerprint density at radius 1 is 1.29 bits per heavy atom. The van der Waals surface area contributed by atoms with Gasteiger partial charge in [0.2, 0.25) is 5.91 Å². The minimum atomic E-state index is -0.872. The van der Waals surface area contributed by atoms with E-state index in [1.165, 1.54) is 23.5 Å². The molecule has 2 amide bonds. The molecule has 1 saturated heterocycles. The average molecular weight is 346 g/mol. The van der Waals surface area contributed by atoms with Crippen molar-refractivity contribution in [3.8, 4) is 11.1 Å². The van der Waals surface area contributed by atoms with Gasteiger partial charge in [0, 0.05) is 18.0 Å². The van der Waals surface area contributed by atoms with Crippen molar-refractivity contribution in [3.05, 3.63) is 45.9 Å². The molecule has 0 atom stereocenters. The largest absolute Gasteiger partial charge is 0.352 e. The quantitative estimate of drug-likeness (QED) is 0.908. The third kappa shape index (κ3) is 2.82. The van der Waals surface area contributed by atoms with Crippen LogP contribution < -0.4 is 5.32 Å². The van der Waals surface area contributed by atoms with Crippen LogP contribution in [0.5, 0.6) is 0 Å². The first-order valence-corrected chi connectivity index (χ1v) is 8.59. The number of benzene rings is 1. The minimum absolute atomic E-state index is 0.142. The number of piperazine rings is 1. The molecule has 0 aliphatic carbocycles. The van der Waals surface area contributed by atoms with Crippen molar-refractivity contribution in [3.63, 3.8) is 0 Å². The molecule has 1 aliphatic rings. The van der Waals surface area contributed by atoms with Crippen molar-refractivity contribution in [1.82, 2.24) is 10.2 Å². The Morgan fingerprint density at radius 2 is 1.96 bits per heavy atom. The van der Waals surface area contributed by atoms with Crippen LogP contribution >= 0.6 is 11.3 Å². The molecule has 0 unspecified atom stereocenters. The van der Waals surface area contributed by atoms with Gasteiger partial charge in [0.05, 0.1) is 4.88 Å². The maximum absolute atomic E-state index is 13.1. The lowest BCUT2D eigenvalue weighted by Gasteiger charge is -2.40. The van der Waals surface area contributed by atoms with E-state index in [2.05, 4.69) is 5.32 Å². The number of nitrogens with zero attached hydrogens (tertiary/aromatic N) is 1. The predicted octanol–water partition coefficient (Wildman–Crippen LogP) is 3.21. The first-order valence-electron chi connectivity index (χ1n) is 7.77. The van der Waals surface area contributed by atoms with Gasteiger partial charge in [-0.25, -0.2) is 4.39 Å². The van der Waals surface area contributed by atoms with Gasteiger partial charge in [-0.05, 0) is 50.1 Å². The molecule has 1 fully saturated rings. The molecule has 6 heteroatoms. The number of hydrogen-bond donors (Lipinski definition) is 1. The number of aryl methyl sites for hydroxylation is 1. The fourth-order valence-electron chi connectivity index (χ4n) is 2.89. The zero-order chi connectivity index (χ0) is 17.5. The SMILES string of the molecule is Cc1sc(C(=O)N2CCNC(=O)C2(C)C)cc1-c1ccc(F)cc1. The molecule has 24 heavy (non-hydrogen) atoms. The fraction of sp³-hybridized carbons (Fsp3) is 0.333. The Labute approximate surface area is 144 Å². The highest BCUT2D eigenvalue weighted by molar-refractivity contribution is 7.14. The summed E-state index contributed by atoms with van der Waals surface area (Å²) >= 11 is 1.40. The molecule has 0 radical (unpaired) electrons. The maximum atomic E-state index is 13.1. The predicted molar refractivity (Wildman–Crippen MR) is 92.6 cm³/mol. The average Bonchev–Trinajstić information content (AvgIpc) is 2.92. The number of amides is 2. The molecule has 1 aromatic carbocycles. The first kappa shape index (κ1) is 16.6. The Balaban J connectivity index is 1.93. The van der Waals surface area contributed by atoms with Crippen molar-refractivity contribution in [2.45, 2.75) is 26.3 Å². The normalized spacial score (nSPS) is 16.8. The molecule has 3 rings (SSSR count). The molecule has 1 aliphatic heterocycles. The molecule has 0 bridgehead atoms. The Kier molecular flexibility index (Phi) is 4.17. The van der Waals surface area contributed by atoms with E-state index in [1.807, 2.05) is 13.0 Å². The van der Waals surface area contributed by atoms with E-state index < -0.39 is 5.54 Å². The number of rotatable bonds is 2. The molecular weight excluding hydrogens is 327 g/mol. The minimum Gasteiger partial charge on any atom is -0.352 e. The number of hydrogen-bond acceptors (Lipinski definition) is 3. The van der Waals surface area contributed by atoms with Crippen molar-refractivity contribution in [2.24, 2.45) is 0 Å². The van der Waals surface area contributed by atoms with Crippen molar-refractivity contribution < 1.29 is 14.0 Å². The molecule has 1 aromatic heterocycles. The van der Waals surface area contributed by atoms with E-state index in [4.69, 9.17) is 0 Å². The summed E-state index contributed by atoms with van der Waals surface area (Å²) in [4.78, 5) is 28.2. The van der Waals surface area contributed by atoms with E-state index in [1.54, 1.807) is 30.9 Å². The van der Waals surface area contributed by atoms with E-state index >= 15 is 0 Å². The fourth-order valence-corrected chi connectivity index (χ4v) is 3.88. The van der Waals surface area contributed by atoms with Gasteiger partial charge in [0.15, 0.2) is 0 Å². The maximum Gasteiger partial charge on any atom is 0.264 e. The van der Waals surface area contributed by atoms with Crippen LogP contribution in [0.4, 0.5) is 4.39 Å².